The first-order valence-electron chi connectivity index (χ1n) is 13.3. The number of thiazole rings is 1. The largest absolute Gasteiger partial charge is 0.416 e. The number of fused-ring (bicyclic) bond motifs is 2. The Bertz CT molecular complexity index is 2070. The van der Waals surface area contributed by atoms with E-state index in [1.54, 1.807) is 24.3 Å². The van der Waals surface area contributed by atoms with E-state index in [-0.39, 0.29) is 21.3 Å². The third-order valence-electron chi connectivity index (χ3n) is 7.48. The lowest BCUT2D eigenvalue weighted by Crippen LogP contribution is -2.33. The van der Waals surface area contributed by atoms with E-state index in [4.69, 9.17) is 5.14 Å². The van der Waals surface area contributed by atoms with Crippen LogP contribution in [-0.4, -0.2) is 36.0 Å². The summed E-state index contributed by atoms with van der Waals surface area (Å²) in [5.74, 6) is -3.92. The number of nitrogens with two attached hydrogens (primary N) is 1. The first-order valence-corrected chi connectivity index (χ1v) is 17.3. The molecular formula is C29H20BrF3N4O6S3. The predicted molar refractivity (Wildman–Crippen MR) is 168 cm³/mol. The molecule has 17 heteroatoms. The molecule has 3 atom stereocenters. The number of nitrogens with zero attached hydrogens (tertiary/aromatic N) is 2. The van der Waals surface area contributed by atoms with Gasteiger partial charge in [0.2, 0.25) is 27.7 Å². The van der Waals surface area contributed by atoms with Gasteiger partial charge in [-0.05, 0) is 60.2 Å². The van der Waals surface area contributed by atoms with E-state index in [0.29, 0.717) is 10.4 Å². The van der Waals surface area contributed by atoms with Gasteiger partial charge in [-0.2, -0.15) is 13.2 Å². The van der Waals surface area contributed by atoms with Crippen LogP contribution >= 0.6 is 39.0 Å². The Hall–Kier alpha value is -3.77. The third-order valence-corrected chi connectivity index (χ3v) is 11.5. The molecule has 4 aromatic rings. The number of rotatable bonds is 6. The zero-order valence-electron chi connectivity index (χ0n) is 23.0. The van der Waals surface area contributed by atoms with Gasteiger partial charge in [0.05, 0.1) is 27.1 Å². The lowest BCUT2D eigenvalue weighted by atomic mass is 9.83. The molecule has 6 rings (SSSR count). The predicted octanol–water partition coefficient (Wildman–Crippen LogP) is 4.77. The SMILES string of the molecule is NS(=O)(=O)c1ccc(NC(=O)Cn2c3c(sc2=O)[C@@H](c2ccc(Br)cc2)[C@@H]2C(=O)N(c4cccc(C(F)(F)F)c4)C(=O)[C@@H]2S3)cc1. The van der Waals surface area contributed by atoms with Crippen molar-refractivity contribution in [2.75, 3.05) is 10.2 Å². The number of halogens is 4. The van der Waals surface area contributed by atoms with Crippen LogP contribution in [-0.2, 0) is 37.1 Å². The molecule has 46 heavy (non-hydrogen) atoms. The standard InChI is InChI=1S/C29H20BrF3N4O6S3/c30-16-6-4-14(5-7-16)21-22-23(26(40)37(25(22)39)18-3-1-2-15(12-18)29(31,32)33)44-27-24(21)45-28(41)36(27)13-20(38)35-17-8-10-19(11-9-17)46(34,42)43/h1-12,21-23H,13H2,(H,35,38)(H2,34,42,43)/t21-,22-,23+/m0/s1. The molecule has 238 valence electrons. The zero-order valence-corrected chi connectivity index (χ0v) is 27.1. The first kappa shape index (κ1) is 32.2. The minimum Gasteiger partial charge on any atom is -0.325 e. The molecule has 0 spiro atoms. The van der Waals surface area contributed by atoms with Crippen molar-refractivity contribution in [3.05, 3.63) is 103 Å². The van der Waals surface area contributed by atoms with Gasteiger partial charge in [-0.15, -0.1) is 0 Å². The molecule has 0 aliphatic carbocycles. The van der Waals surface area contributed by atoms with Gasteiger partial charge in [-0.3, -0.25) is 23.7 Å². The number of sulfonamides is 1. The summed E-state index contributed by atoms with van der Waals surface area (Å²) in [5.41, 5.74) is -0.401. The maximum atomic E-state index is 13.9. The van der Waals surface area contributed by atoms with Crippen molar-refractivity contribution in [2.45, 2.75) is 33.8 Å². The fraction of sp³-hybridized carbons (Fsp3) is 0.172. The number of carbonyl (C=O) groups excluding carboxylic acids is 3. The molecule has 10 nitrogen and oxygen atoms in total. The number of thioether (sulfide) groups is 1. The second-order valence-electron chi connectivity index (χ2n) is 10.4. The van der Waals surface area contributed by atoms with E-state index in [9.17, 15) is 40.8 Å². The van der Waals surface area contributed by atoms with Gasteiger partial charge in [-0.25, -0.2) is 18.5 Å². The molecule has 3 N–H and O–H groups in total. The molecule has 1 saturated heterocycles. The molecule has 3 aromatic carbocycles. The first-order chi connectivity index (χ1) is 21.6. The van der Waals surface area contributed by atoms with E-state index < -0.39 is 68.0 Å². The minimum atomic E-state index is -4.70. The summed E-state index contributed by atoms with van der Waals surface area (Å²) in [6.07, 6.45) is -4.70. The molecule has 2 aliphatic rings. The quantitative estimate of drug-likeness (QED) is 0.270. The van der Waals surface area contributed by atoms with Gasteiger partial charge >= 0.3 is 11.0 Å². The summed E-state index contributed by atoms with van der Waals surface area (Å²) < 4.78 is 65.5. The molecule has 3 heterocycles. The van der Waals surface area contributed by atoms with E-state index in [2.05, 4.69) is 21.2 Å². The van der Waals surface area contributed by atoms with Crippen molar-refractivity contribution in [1.29, 1.82) is 0 Å². The molecule has 1 fully saturated rings. The molecule has 0 bridgehead atoms. The number of anilines is 2. The summed E-state index contributed by atoms with van der Waals surface area (Å²) in [5, 5.41) is 6.88. The molecule has 0 unspecified atom stereocenters. The molecular weight excluding hydrogens is 733 g/mol. The number of nitrogens with one attached hydrogen (secondary N) is 1. The molecule has 0 saturated carbocycles. The van der Waals surface area contributed by atoms with Crippen LogP contribution in [0, 0.1) is 5.92 Å². The Morgan fingerprint density at radius 2 is 1.65 bits per heavy atom. The topological polar surface area (TPSA) is 149 Å². The Morgan fingerprint density at radius 1 is 0.978 bits per heavy atom. The lowest BCUT2D eigenvalue weighted by Gasteiger charge is -2.30. The highest BCUT2D eigenvalue weighted by molar-refractivity contribution is 9.10. The summed E-state index contributed by atoms with van der Waals surface area (Å²) >= 11 is 5.10. The lowest BCUT2D eigenvalue weighted by molar-refractivity contribution is -0.137. The maximum Gasteiger partial charge on any atom is 0.416 e. The number of primary sulfonamides is 1. The molecule has 2 aliphatic heterocycles. The van der Waals surface area contributed by atoms with Crippen molar-refractivity contribution in [3.8, 4) is 0 Å². The normalized spacial score (nSPS) is 19.6. The summed E-state index contributed by atoms with van der Waals surface area (Å²) in [7, 11) is -3.95. The Balaban J connectivity index is 1.37. The average molecular weight is 754 g/mol. The maximum absolute atomic E-state index is 13.9. The van der Waals surface area contributed by atoms with Crippen LogP contribution in [0.25, 0.3) is 0 Å². The van der Waals surface area contributed by atoms with Gasteiger partial charge in [-0.1, -0.05) is 57.2 Å². The number of amides is 3. The smallest absolute Gasteiger partial charge is 0.325 e. The number of alkyl halides is 3. The fourth-order valence-corrected chi connectivity index (χ4v) is 8.99. The summed E-state index contributed by atoms with van der Waals surface area (Å²) in [6.45, 7) is -0.474. The Labute approximate surface area is 275 Å². The Kier molecular flexibility index (Phi) is 8.25. The van der Waals surface area contributed by atoms with Crippen LogP contribution in [0.5, 0.6) is 0 Å². The van der Waals surface area contributed by atoms with E-state index in [0.717, 1.165) is 50.7 Å². The van der Waals surface area contributed by atoms with Crippen LogP contribution < -0.4 is 20.2 Å². The van der Waals surface area contributed by atoms with E-state index in [1.807, 2.05) is 0 Å². The summed E-state index contributed by atoms with van der Waals surface area (Å²) in [4.78, 5) is 54.6. The van der Waals surface area contributed by atoms with E-state index in [1.165, 1.54) is 34.9 Å². The second-order valence-corrected chi connectivity index (χ2v) is 15.0. The van der Waals surface area contributed by atoms with Gasteiger partial charge in [0.1, 0.15) is 11.8 Å². The van der Waals surface area contributed by atoms with Crippen LogP contribution in [0.4, 0.5) is 24.5 Å². The number of benzene rings is 3. The van der Waals surface area contributed by atoms with Crippen molar-refractivity contribution in [3.63, 3.8) is 0 Å². The van der Waals surface area contributed by atoms with Crippen LogP contribution in [0.3, 0.4) is 0 Å². The van der Waals surface area contributed by atoms with Gasteiger partial charge < -0.3 is 5.32 Å². The molecule has 3 amide bonds. The second kappa shape index (κ2) is 11.8. The molecule has 1 aromatic heterocycles. The number of imide groups is 1. The molecule has 0 radical (unpaired) electrons. The van der Waals surface area contributed by atoms with Crippen LogP contribution in [0.15, 0.2) is 92.0 Å². The fourth-order valence-electron chi connectivity index (χ4n) is 5.43. The highest BCUT2D eigenvalue weighted by Gasteiger charge is 2.57. The Morgan fingerprint density at radius 3 is 2.28 bits per heavy atom. The third kappa shape index (κ3) is 5.92. The monoisotopic (exact) mass is 752 g/mol. The van der Waals surface area contributed by atoms with Crippen molar-refractivity contribution >= 4 is 78.1 Å². The highest BCUT2D eigenvalue weighted by Crippen LogP contribution is 2.54. The van der Waals surface area contributed by atoms with Crippen molar-refractivity contribution < 1.29 is 36.0 Å². The number of aromatic nitrogens is 1. The number of carbonyl (C=O) groups is 3. The zero-order chi connectivity index (χ0) is 33.1. The van der Waals surface area contributed by atoms with Crippen molar-refractivity contribution in [1.82, 2.24) is 4.57 Å². The highest BCUT2D eigenvalue weighted by atomic mass is 79.9. The van der Waals surface area contributed by atoms with Gasteiger partial charge in [0.25, 0.3) is 0 Å². The van der Waals surface area contributed by atoms with E-state index >= 15 is 0 Å². The van der Waals surface area contributed by atoms with Crippen LogP contribution in [0.2, 0.25) is 0 Å². The number of hydrogen-bond acceptors (Lipinski definition) is 8. The van der Waals surface area contributed by atoms with Gasteiger partial charge in [0.15, 0.2) is 0 Å². The average Bonchev–Trinajstić information content (AvgIpc) is 3.43. The minimum absolute atomic E-state index is 0.159. The summed E-state index contributed by atoms with van der Waals surface area (Å²) in [6, 6.07) is 16.0. The van der Waals surface area contributed by atoms with Crippen molar-refractivity contribution in [2.24, 2.45) is 11.1 Å². The van der Waals surface area contributed by atoms with Gasteiger partial charge in [0, 0.05) is 21.0 Å². The number of hydrogen-bond donors (Lipinski definition) is 2. The van der Waals surface area contributed by atoms with Crippen LogP contribution in [0.1, 0.15) is 21.9 Å².